The van der Waals surface area contributed by atoms with Crippen LogP contribution < -0.4 is 0 Å². The van der Waals surface area contributed by atoms with E-state index >= 15 is 0 Å². The van der Waals surface area contributed by atoms with Gasteiger partial charge in [-0.25, -0.2) is 0 Å². The monoisotopic (exact) mass is 1030 g/mol. The second-order valence-corrected chi connectivity index (χ2v) is 21.5. The van der Waals surface area contributed by atoms with Crippen molar-refractivity contribution in [2.24, 2.45) is 0 Å². The van der Waals surface area contributed by atoms with Gasteiger partial charge in [-0.2, -0.15) is 0 Å². The topological polar surface area (TPSA) is 72.8 Å². The molecule has 0 aliphatic heterocycles. The molecule has 0 amide bonds. The molecule has 5 heteroatoms. The molecular weight excluding hydrogens is 909 g/mol. The molecule has 0 spiro atoms. The molecule has 0 bridgehead atoms. The first-order chi connectivity index (χ1) is 36.6. The van der Waals surface area contributed by atoms with Gasteiger partial charge in [0, 0.05) is 12.8 Å². The van der Waals surface area contributed by atoms with E-state index in [1.54, 1.807) is 0 Å². The predicted octanol–water partition coefficient (Wildman–Crippen LogP) is 22.1. The largest absolute Gasteiger partial charge is 0.462 e. The fraction of sp³-hybridized carbons (Fsp3) is 0.768. The number of hydrogen-bond donors (Lipinski definition) is 1. The summed E-state index contributed by atoms with van der Waals surface area (Å²) < 4.78 is 10.7. The average molecular weight is 1030 g/mol. The zero-order chi connectivity index (χ0) is 53.4. The molecule has 0 radical (unpaired) electrons. The van der Waals surface area contributed by atoms with Gasteiger partial charge >= 0.3 is 11.9 Å². The van der Waals surface area contributed by atoms with Crippen LogP contribution in [0.3, 0.4) is 0 Å². The van der Waals surface area contributed by atoms with E-state index in [0.29, 0.717) is 12.8 Å². The van der Waals surface area contributed by atoms with Crippen molar-refractivity contribution in [1.82, 2.24) is 0 Å². The second-order valence-electron chi connectivity index (χ2n) is 21.5. The molecule has 0 aromatic carbocycles. The van der Waals surface area contributed by atoms with Gasteiger partial charge in [-0.3, -0.25) is 9.59 Å². The van der Waals surface area contributed by atoms with Crippen LogP contribution in [0.25, 0.3) is 0 Å². The lowest BCUT2D eigenvalue weighted by atomic mass is 10.0. The van der Waals surface area contributed by atoms with Gasteiger partial charge in [0.1, 0.15) is 6.61 Å². The van der Waals surface area contributed by atoms with Crippen LogP contribution in [-0.2, 0) is 19.1 Å². The Labute approximate surface area is 460 Å². The van der Waals surface area contributed by atoms with E-state index in [0.717, 1.165) is 77.0 Å². The van der Waals surface area contributed by atoms with Gasteiger partial charge in [-0.1, -0.05) is 304 Å². The number of aliphatic hydroxyl groups excluding tert-OH is 1. The highest BCUT2D eigenvalue weighted by molar-refractivity contribution is 5.70. The highest BCUT2D eigenvalue weighted by atomic mass is 16.6. The van der Waals surface area contributed by atoms with Gasteiger partial charge < -0.3 is 14.6 Å². The maximum Gasteiger partial charge on any atom is 0.306 e. The van der Waals surface area contributed by atoms with Gasteiger partial charge in [0.2, 0.25) is 0 Å². The summed E-state index contributed by atoms with van der Waals surface area (Å²) in [6, 6.07) is 0. The molecule has 1 N–H and O–H groups in total. The minimum Gasteiger partial charge on any atom is -0.462 e. The molecule has 1 atom stereocenters. The highest BCUT2D eigenvalue weighted by Crippen LogP contribution is 2.17. The molecule has 0 saturated heterocycles. The van der Waals surface area contributed by atoms with Gasteiger partial charge in [-0.05, 0) is 89.9 Å². The van der Waals surface area contributed by atoms with Crippen LogP contribution in [0.15, 0.2) is 85.1 Å². The summed E-state index contributed by atoms with van der Waals surface area (Å²) in [5, 5.41) is 9.68. The van der Waals surface area contributed by atoms with E-state index in [1.807, 2.05) is 0 Å². The first kappa shape index (κ1) is 71.1. The van der Waals surface area contributed by atoms with Gasteiger partial charge in [0.25, 0.3) is 0 Å². The fourth-order valence-electron chi connectivity index (χ4n) is 9.38. The minimum absolute atomic E-state index is 0.0685. The molecule has 0 rings (SSSR count). The normalized spacial score (nSPS) is 12.7. The number of esters is 2. The zero-order valence-corrected chi connectivity index (χ0v) is 49.1. The van der Waals surface area contributed by atoms with E-state index in [2.05, 4.69) is 98.9 Å². The number of carbonyl (C=O) groups is 2. The predicted molar refractivity (Wildman–Crippen MR) is 325 cm³/mol. The molecule has 0 aliphatic carbocycles. The van der Waals surface area contributed by atoms with E-state index in [-0.39, 0.29) is 25.2 Å². The van der Waals surface area contributed by atoms with Gasteiger partial charge in [-0.15, -0.1) is 0 Å². The molecule has 0 aromatic heterocycles. The Kier molecular flexibility index (Phi) is 61.8. The van der Waals surface area contributed by atoms with Crippen molar-refractivity contribution in [3.05, 3.63) is 85.1 Å². The second kappa shape index (κ2) is 64.4. The van der Waals surface area contributed by atoms with Gasteiger partial charge in [0.05, 0.1) is 6.61 Å². The summed E-state index contributed by atoms with van der Waals surface area (Å²) >= 11 is 0. The highest BCUT2D eigenvalue weighted by Gasteiger charge is 2.16. The molecule has 74 heavy (non-hydrogen) atoms. The smallest absolute Gasteiger partial charge is 0.306 e. The van der Waals surface area contributed by atoms with Crippen LogP contribution in [0.1, 0.15) is 322 Å². The molecule has 0 heterocycles. The molecule has 0 saturated carbocycles. The minimum atomic E-state index is -0.779. The first-order valence-electron chi connectivity index (χ1n) is 32.1. The molecule has 0 aliphatic rings. The summed E-state index contributed by atoms with van der Waals surface area (Å²) in [6.45, 7) is 4.04. The number of allylic oxidation sites excluding steroid dienone is 14. The molecular formula is C69H122O5. The number of aliphatic hydroxyl groups is 1. The van der Waals surface area contributed by atoms with Gasteiger partial charge in [0.15, 0.2) is 6.10 Å². The Balaban J connectivity index is 3.44. The third-order valence-corrected chi connectivity index (χ3v) is 14.2. The molecule has 0 aromatic rings. The number of ether oxygens (including phenoxy) is 2. The summed E-state index contributed by atoms with van der Waals surface area (Å²) in [4.78, 5) is 24.6. The summed E-state index contributed by atoms with van der Waals surface area (Å²) in [5.41, 5.74) is 0. The number of rotatable bonds is 59. The summed E-state index contributed by atoms with van der Waals surface area (Å²) in [5.74, 6) is -0.587. The van der Waals surface area contributed by atoms with E-state index < -0.39 is 6.10 Å². The van der Waals surface area contributed by atoms with Crippen molar-refractivity contribution < 1.29 is 24.2 Å². The number of carbonyl (C=O) groups excluding carboxylic acids is 2. The third-order valence-electron chi connectivity index (χ3n) is 14.2. The third kappa shape index (κ3) is 61.6. The van der Waals surface area contributed by atoms with E-state index in [1.165, 1.54) is 218 Å². The maximum absolute atomic E-state index is 12.3. The standard InChI is InChI=1S/C69H122O5/c1-3-5-7-9-11-13-15-17-19-21-23-25-27-29-30-31-32-33-34-35-36-37-38-40-41-43-45-47-49-51-53-55-57-59-61-63-68(71)73-66-67(65-70)74-69(72)64-62-60-58-56-54-52-50-48-46-44-42-39-28-26-24-22-20-18-16-14-12-10-8-6-4-2/h6,8,12,14-15,17-18,20-21,23-24,26,39,42,67,70H,3-5,7,9-11,13,16,19,22,25,27-38,40-41,43-66H2,1-2H3/b8-6-,14-12-,17-15-,20-18-,23-21-,26-24-,42-39-. The quantitative estimate of drug-likeness (QED) is 0.0373. The first-order valence-corrected chi connectivity index (χ1v) is 32.1. The lowest BCUT2D eigenvalue weighted by Gasteiger charge is -2.15. The Morgan fingerprint density at radius 1 is 0.324 bits per heavy atom. The Hall–Kier alpha value is -2.92. The van der Waals surface area contributed by atoms with Crippen LogP contribution in [0, 0.1) is 0 Å². The van der Waals surface area contributed by atoms with Crippen molar-refractivity contribution in [2.75, 3.05) is 13.2 Å². The summed E-state index contributed by atoms with van der Waals surface area (Å²) in [6.07, 6.45) is 90.2. The fourth-order valence-corrected chi connectivity index (χ4v) is 9.38. The van der Waals surface area contributed by atoms with Crippen LogP contribution in [0.2, 0.25) is 0 Å². The molecule has 428 valence electrons. The van der Waals surface area contributed by atoms with Crippen molar-refractivity contribution in [3.63, 3.8) is 0 Å². The van der Waals surface area contributed by atoms with Crippen molar-refractivity contribution in [3.8, 4) is 0 Å². The SMILES string of the molecule is CC/C=C\C/C=C\C/C=C\C/C=C\C/C=C\CCCCCCCCCCCC(=O)OC(CO)COC(=O)CCCCCCCCCCCCCCCCCCCCCCCCC/C=C\C/C=C\CCCCCCC. The van der Waals surface area contributed by atoms with Crippen molar-refractivity contribution in [1.29, 1.82) is 0 Å². The van der Waals surface area contributed by atoms with Crippen LogP contribution >= 0.6 is 0 Å². The Morgan fingerprint density at radius 2 is 0.581 bits per heavy atom. The summed E-state index contributed by atoms with van der Waals surface area (Å²) in [7, 11) is 0. The average Bonchev–Trinajstić information content (AvgIpc) is 3.40. The van der Waals surface area contributed by atoms with Crippen LogP contribution in [-0.4, -0.2) is 36.4 Å². The lowest BCUT2D eigenvalue weighted by molar-refractivity contribution is -0.161. The van der Waals surface area contributed by atoms with Crippen molar-refractivity contribution in [2.45, 2.75) is 328 Å². The maximum atomic E-state index is 12.3. The van der Waals surface area contributed by atoms with E-state index in [9.17, 15) is 14.7 Å². The number of unbranched alkanes of at least 4 members (excludes halogenated alkanes) is 37. The number of hydrogen-bond acceptors (Lipinski definition) is 5. The van der Waals surface area contributed by atoms with Crippen molar-refractivity contribution >= 4 is 11.9 Å². The van der Waals surface area contributed by atoms with Crippen LogP contribution in [0.5, 0.6) is 0 Å². The lowest BCUT2D eigenvalue weighted by Crippen LogP contribution is -2.28. The zero-order valence-electron chi connectivity index (χ0n) is 49.1. The molecule has 1 unspecified atom stereocenters. The van der Waals surface area contributed by atoms with E-state index in [4.69, 9.17) is 9.47 Å². The molecule has 0 fully saturated rings. The Bertz CT molecular complexity index is 1350. The van der Waals surface area contributed by atoms with Crippen LogP contribution in [0.4, 0.5) is 0 Å². The molecule has 5 nitrogen and oxygen atoms in total. The Morgan fingerprint density at radius 3 is 0.878 bits per heavy atom.